The lowest BCUT2D eigenvalue weighted by atomic mass is 10.1. The average Bonchev–Trinajstić information content (AvgIpc) is 3.14. The highest BCUT2D eigenvalue weighted by atomic mass is 35.5. The number of benzene rings is 2. The SMILES string of the molecule is COc1ccc(Cl)cc1S(=O)(=O)Nc1ccc(-c2cn3cccc(C)c3n2)cc1. The molecule has 29 heavy (non-hydrogen) atoms. The lowest BCUT2D eigenvalue weighted by molar-refractivity contribution is 0.403. The van der Waals surface area contributed by atoms with E-state index in [0.29, 0.717) is 10.7 Å². The molecule has 0 saturated carbocycles. The number of hydrogen-bond acceptors (Lipinski definition) is 4. The quantitative estimate of drug-likeness (QED) is 0.497. The number of ether oxygens (including phenoxy) is 1. The summed E-state index contributed by atoms with van der Waals surface area (Å²) in [6.45, 7) is 2.01. The number of aromatic nitrogens is 2. The minimum atomic E-state index is -3.86. The molecule has 0 amide bonds. The molecule has 0 saturated heterocycles. The van der Waals surface area contributed by atoms with Crippen molar-refractivity contribution >= 4 is 33.0 Å². The van der Waals surface area contributed by atoms with E-state index in [1.54, 1.807) is 18.2 Å². The third kappa shape index (κ3) is 3.79. The van der Waals surface area contributed by atoms with Crippen LogP contribution in [0.15, 0.2) is 71.9 Å². The van der Waals surface area contributed by atoms with Crippen LogP contribution in [-0.4, -0.2) is 24.9 Å². The monoisotopic (exact) mass is 427 g/mol. The van der Waals surface area contributed by atoms with Crippen LogP contribution in [0.3, 0.4) is 0 Å². The number of nitrogens with one attached hydrogen (secondary N) is 1. The van der Waals surface area contributed by atoms with Crippen molar-refractivity contribution in [2.45, 2.75) is 11.8 Å². The topological polar surface area (TPSA) is 72.7 Å². The van der Waals surface area contributed by atoms with Crippen molar-refractivity contribution in [2.24, 2.45) is 0 Å². The van der Waals surface area contributed by atoms with Gasteiger partial charge in [-0.15, -0.1) is 0 Å². The molecule has 0 aliphatic heterocycles. The lowest BCUT2D eigenvalue weighted by Gasteiger charge is -2.12. The fourth-order valence-corrected chi connectivity index (χ4v) is 4.56. The number of halogens is 1. The van der Waals surface area contributed by atoms with Crippen LogP contribution >= 0.6 is 11.6 Å². The van der Waals surface area contributed by atoms with Gasteiger partial charge in [0, 0.05) is 28.7 Å². The maximum Gasteiger partial charge on any atom is 0.265 e. The molecule has 0 spiro atoms. The number of sulfonamides is 1. The smallest absolute Gasteiger partial charge is 0.265 e. The van der Waals surface area contributed by atoms with E-state index in [-0.39, 0.29) is 10.6 Å². The Labute approximate surface area is 173 Å². The van der Waals surface area contributed by atoms with Gasteiger partial charge in [0.05, 0.1) is 12.8 Å². The molecule has 1 N–H and O–H groups in total. The van der Waals surface area contributed by atoms with Gasteiger partial charge >= 0.3 is 0 Å². The standard InChI is InChI=1S/C21H18ClN3O3S/c1-14-4-3-11-25-13-18(23-21(14)25)15-5-8-17(9-6-15)24-29(26,27)20-12-16(22)7-10-19(20)28-2/h3-13,24H,1-2H3. The van der Waals surface area contributed by atoms with E-state index in [1.807, 2.05) is 48.0 Å². The summed E-state index contributed by atoms with van der Waals surface area (Å²) in [6.07, 6.45) is 3.89. The number of fused-ring (bicyclic) bond motifs is 1. The normalized spacial score (nSPS) is 11.6. The summed E-state index contributed by atoms with van der Waals surface area (Å²) in [5, 5.41) is 0.309. The number of hydrogen-bond donors (Lipinski definition) is 1. The van der Waals surface area contributed by atoms with Gasteiger partial charge in [0.2, 0.25) is 0 Å². The summed E-state index contributed by atoms with van der Waals surface area (Å²) in [4.78, 5) is 4.64. The molecule has 0 aliphatic rings. The number of anilines is 1. The highest BCUT2D eigenvalue weighted by Crippen LogP contribution is 2.29. The minimum absolute atomic E-state index is 0.0209. The van der Waals surface area contributed by atoms with Crippen LogP contribution < -0.4 is 9.46 Å². The molecule has 0 atom stereocenters. The Morgan fingerprint density at radius 3 is 2.55 bits per heavy atom. The molecule has 0 bridgehead atoms. The first-order chi connectivity index (χ1) is 13.9. The van der Waals surface area contributed by atoms with Gasteiger partial charge in [-0.3, -0.25) is 4.72 Å². The van der Waals surface area contributed by atoms with E-state index in [0.717, 1.165) is 22.5 Å². The number of nitrogens with zero attached hydrogens (tertiary/aromatic N) is 2. The van der Waals surface area contributed by atoms with E-state index < -0.39 is 10.0 Å². The molecule has 2 aromatic carbocycles. The van der Waals surface area contributed by atoms with Crippen LogP contribution in [-0.2, 0) is 10.0 Å². The molecular weight excluding hydrogens is 410 g/mol. The molecule has 0 aliphatic carbocycles. The Kier molecular flexibility index (Phi) is 4.94. The van der Waals surface area contributed by atoms with Crippen LogP contribution in [0.1, 0.15) is 5.56 Å². The molecule has 4 rings (SSSR count). The third-order valence-electron chi connectivity index (χ3n) is 4.53. The predicted octanol–water partition coefficient (Wildman–Crippen LogP) is 4.77. The van der Waals surface area contributed by atoms with Gasteiger partial charge in [0.25, 0.3) is 10.0 Å². The lowest BCUT2D eigenvalue weighted by Crippen LogP contribution is -2.14. The zero-order chi connectivity index (χ0) is 20.6. The predicted molar refractivity (Wildman–Crippen MR) is 114 cm³/mol. The van der Waals surface area contributed by atoms with Crippen LogP contribution in [0.5, 0.6) is 5.75 Å². The second-order valence-electron chi connectivity index (χ2n) is 6.53. The van der Waals surface area contributed by atoms with Crippen molar-refractivity contribution in [3.05, 3.63) is 77.6 Å². The molecular formula is C21H18ClN3O3S. The minimum Gasteiger partial charge on any atom is -0.495 e. The Balaban J connectivity index is 1.62. The first-order valence-electron chi connectivity index (χ1n) is 8.78. The van der Waals surface area contributed by atoms with Crippen molar-refractivity contribution in [1.29, 1.82) is 0 Å². The summed E-state index contributed by atoms with van der Waals surface area (Å²) < 4.78 is 35.2. The fourth-order valence-electron chi connectivity index (χ4n) is 3.07. The van der Waals surface area contributed by atoms with E-state index in [9.17, 15) is 8.42 Å². The molecule has 4 aromatic rings. The van der Waals surface area contributed by atoms with Crippen molar-refractivity contribution in [3.63, 3.8) is 0 Å². The zero-order valence-corrected chi connectivity index (χ0v) is 17.3. The largest absolute Gasteiger partial charge is 0.495 e. The number of imidazole rings is 1. The van der Waals surface area contributed by atoms with Gasteiger partial charge in [0.15, 0.2) is 0 Å². The first-order valence-corrected chi connectivity index (χ1v) is 10.6. The number of methoxy groups -OCH3 is 1. The van der Waals surface area contributed by atoms with Crippen molar-refractivity contribution in [1.82, 2.24) is 9.38 Å². The van der Waals surface area contributed by atoms with Crippen molar-refractivity contribution in [2.75, 3.05) is 11.8 Å². The van der Waals surface area contributed by atoms with Crippen LogP contribution in [0.4, 0.5) is 5.69 Å². The van der Waals surface area contributed by atoms with Gasteiger partial charge in [0.1, 0.15) is 16.3 Å². The molecule has 8 heteroatoms. The highest BCUT2D eigenvalue weighted by Gasteiger charge is 2.20. The second kappa shape index (κ2) is 7.42. The molecule has 0 fully saturated rings. The van der Waals surface area contributed by atoms with Gasteiger partial charge < -0.3 is 9.14 Å². The third-order valence-corrected chi connectivity index (χ3v) is 6.16. The highest BCUT2D eigenvalue weighted by molar-refractivity contribution is 7.92. The van der Waals surface area contributed by atoms with E-state index in [2.05, 4.69) is 9.71 Å². The molecule has 2 aromatic heterocycles. The van der Waals surface area contributed by atoms with Crippen molar-refractivity contribution < 1.29 is 13.2 Å². The number of pyridine rings is 1. The fraction of sp³-hybridized carbons (Fsp3) is 0.0952. The summed E-state index contributed by atoms with van der Waals surface area (Å²) in [5.74, 6) is 0.221. The van der Waals surface area contributed by atoms with Gasteiger partial charge in [-0.2, -0.15) is 0 Å². The molecule has 0 radical (unpaired) electrons. The summed E-state index contributed by atoms with van der Waals surface area (Å²) in [7, 11) is -2.45. The Morgan fingerprint density at radius 1 is 1.10 bits per heavy atom. The number of rotatable bonds is 5. The van der Waals surface area contributed by atoms with Crippen LogP contribution in [0, 0.1) is 6.92 Å². The summed E-state index contributed by atoms with van der Waals surface area (Å²) in [6, 6.07) is 15.5. The maximum atomic E-state index is 12.8. The summed E-state index contributed by atoms with van der Waals surface area (Å²) in [5.41, 5.74) is 4.09. The Bertz CT molecular complexity index is 1300. The Hall–Kier alpha value is -3.03. The van der Waals surface area contributed by atoms with E-state index in [4.69, 9.17) is 16.3 Å². The molecule has 0 unspecified atom stereocenters. The Morgan fingerprint density at radius 2 is 1.86 bits per heavy atom. The van der Waals surface area contributed by atoms with E-state index in [1.165, 1.54) is 19.2 Å². The second-order valence-corrected chi connectivity index (χ2v) is 8.61. The van der Waals surface area contributed by atoms with Gasteiger partial charge in [-0.05, 0) is 48.9 Å². The molecule has 2 heterocycles. The molecule has 6 nitrogen and oxygen atoms in total. The summed E-state index contributed by atoms with van der Waals surface area (Å²) >= 11 is 5.96. The van der Waals surface area contributed by atoms with Crippen LogP contribution in [0.25, 0.3) is 16.9 Å². The van der Waals surface area contributed by atoms with E-state index >= 15 is 0 Å². The average molecular weight is 428 g/mol. The van der Waals surface area contributed by atoms with Crippen molar-refractivity contribution in [3.8, 4) is 17.0 Å². The van der Waals surface area contributed by atoms with Gasteiger partial charge in [-0.1, -0.05) is 29.8 Å². The molecule has 148 valence electrons. The number of aryl methyl sites for hydroxylation is 1. The zero-order valence-electron chi connectivity index (χ0n) is 15.8. The first kappa shape index (κ1) is 19.3. The van der Waals surface area contributed by atoms with Gasteiger partial charge in [-0.25, -0.2) is 13.4 Å². The maximum absolute atomic E-state index is 12.8. The van der Waals surface area contributed by atoms with Crippen LogP contribution in [0.2, 0.25) is 5.02 Å².